The van der Waals surface area contributed by atoms with Crippen LogP contribution in [0.25, 0.3) is 0 Å². The number of hydrogen-bond acceptors (Lipinski definition) is 3. The molecule has 3 rings (SSSR count). The molecule has 1 aliphatic rings. The number of halogens is 1. The number of nitrogens with zero attached hydrogens (tertiary/aromatic N) is 1. The van der Waals surface area contributed by atoms with E-state index in [1.165, 1.54) is 5.56 Å². The molecule has 3 N–H and O–H groups in total. The van der Waals surface area contributed by atoms with Crippen LogP contribution in [0.3, 0.4) is 0 Å². The maximum Gasteiger partial charge on any atom is 0.0699 e. The summed E-state index contributed by atoms with van der Waals surface area (Å²) in [7, 11) is 0. The van der Waals surface area contributed by atoms with Crippen molar-refractivity contribution in [3.05, 3.63) is 64.7 Å². The summed E-state index contributed by atoms with van der Waals surface area (Å²) in [4.78, 5) is 2.37. The molecule has 3 nitrogen and oxygen atoms in total. The molecule has 1 fully saturated rings. The lowest BCUT2D eigenvalue weighted by atomic mass is 9.93. The van der Waals surface area contributed by atoms with Crippen LogP contribution in [-0.2, 0) is 6.42 Å². The van der Waals surface area contributed by atoms with E-state index in [-0.39, 0.29) is 12.1 Å². The fourth-order valence-electron chi connectivity index (χ4n) is 3.49. The maximum atomic E-state index is 10.5. The first-order valence-corrected chi connectivity index (χ1v) is 9.50. The minimum absolute atomic E-state index is 0.138. The average molecular weight is 369 g/mol. The Balaban J connectivity index is 1.60. The van der Waals surface area contributed by atoms with E-state index in [0.29, 0.717) is 0 Å². The van der Waals surface area contributed by atoms with Crippen molar-refractivity contribution < 1.29 is 5.11 Å². The third-order valence-electron chi connectivity index (χ3n) is 4.86. The molecular formula is C22H25ClN2O. The van der Waals surface area contributed by atoms with Crippen molar-refractivity contribution in [2.24, 2.45) is 0 Å². The van der Waals surface area contributed by atoms with Crippen molar-refractivity contribution in [3.8, 4) is 11.8 Å². The second-order valence-corrected chi connectivity index (χ2v) is 7.26. The zero-order chi connectivity index (χ0) is 18.4. The molecule has 0 aliphatic carbocycles. The predicted octanol–water partition coefficient (Wildman–Crippen LogP) is 3.73. The zero-order valence-corrected chi connectivity index (χ0v) is 15.6. The van der Waals surface area contributed by atoms with Crippen molar-refractivity contribution in [3.63, 3.8) is 0 Å². The molecule has 2 aromatic rings. The Hall–Kier alpha value is -1.99. The number of piperidine rings is 1. The molecule has 1 heterocycles. The number of rotatable bonds is 4. The normalized spacial score (nSPS) is 20.4. The third-order valence-corrected chi connectivity index (χ3v) is 5.11. The van der Waals surface area contributed by atoms with Crippen LogP contribution in [-0.4, -0.2) is 35.2 Å². The molecule has 136 valence electrons. The molecule has 1 saturated heterocycles. The smallest absolute Gasteiger partial charge is 0.0699 e. The van der Waals surface area contributed by atoms with E-state index < -0.39 is 0 Å². The summed E-state index contributed by atoms with van der Waals surface area (Å²) in [6.45, 7) is 1.87. The van der Waals surface area contributed by atoms with Gasteiger partial charge in [-0.2, -0.15) is 0 Å². The Labute approximate surface area is 160 Å². The highest BCUT2D eigenvalue weighted by molar-refractivity contribution is 6.30. The minimum atomic E-state index is -0.290. The molecule has 0 saturated carbocycles. The lowest BCUT2D eigenvalue weighted by Gasteiger charge is -2.39. The van der Waals surface area contributed by atoms with Gasteiger partial charge in [0.15, 0.2) is 0 Å². The van der Waals surface area contributed by atoms with Crippen molar-refractivity contribution in [1.82, 2.24) is 4.90 Å². The predicted molar refractivity (Wildman–Crippen MR) is 108 cm³/mol. The summed E-state index contributed by atoms with van der Waals surface area (Å²) in [6, 6.07) is 15.7. The van der Waals surface area contributed by atoms with Gasteiger partial charge in [0.25, 0.3) is 0 Å². The van der Waals surface area contributed by atoms with E-state index in [1.54, 1.807) is 0 Å². The Morgan fingerprint density at radius 3 is 2.77 bits per heavy atom. The maximum absolute atomic E-state index is 10.5. The van der Waals surface area contributed by atoms with Gasteiger partial charge in [0.05, 0.1) is 6.10 Å². The SMILES string of the molecule is Nc1cccc(C#CCCN2CCCC(O)C2Cc2ccc(Cl)cc2)c1. The fourth-order valence-corrected chi connectivity index (χ4v) is 3.62. The first-order valence-electron chi connectivity index (χ1n) is 9.13. The van der Waals surface area contributed by atoms with E-state index in [1.807, 2.05) is 48.5 Å². The number of likely N-dealkylation sites (tertiary alicyclic amines) is 1. The standard InChI is InChI=1S/C22H25ClN2O/c23-19-11-9-18(10-12-19)16-21-22(26)8-4-14-25(21)13-2-1-5-17-6-3-7-20(24)15-17/h3,6-7,9-12,15,21-22,26H,2,4,8,13-14,16,24H2. The van der Waals surface area contributed by atoms with E-state index >= 15 is 0 Å². The average Bonchev–Trinajstić information content (AvgIpc) is 2.63. The molecule has 0 bridgehead atoms. The molecule has 0 amide bonds. The van der Waals surface area contributed by atoms with Gasteiger partial charge in [-0.1, -0.05) is 41.6 Å². The number of nitrogen functional groups attached to an aromatic ring is 1. The molecule has 0 spiro atoms. The first kappa shape index (κ1) is 18.8. The van der Waals surface area contributed by atoms with Crippen LogP contribution in [0.1, 0.15) is 30.4 Å². The van der Waals surface area contributed by atoms with Crippen molar-refractivity contribution in [2.75, 3.05) is 18.8 Å². The van der Waals surface area contributed by atoms with Crippen LogP contribution < -0.4 is 5.73 Å². The van der Waals surface area contributed by atoms with Crippen molar-refractivity contribution >= 4 is 17.3 Å². The Morgan fingerprint density at radius 2 is 2.00 bits per heavy atom. The molecule has 4 heteroatoms. The van der Waals surface area contributed by atoms with Crippen LogP contribution >= 0.6 is 11.6 Å². The molecular weight excluding hydrogens is 344 g/mol. The summed E-state index contributed by atoms with van der Waals surface area (Å²) in [5.41, 5.74) is 8.67. The fraction of sp³-hybridized carbons (Fsp3) is 0.364. The number of benzene rings is 2. The largest absolute Gasteiger partial charge is 0.399 e. The Bertz CT molecular complexity index is 779. The van der Waals surface area contributed by atoms with E-state index in [4.69, 9.17) is 17.3 Å². The first-order chi connectivity index (χ1) is 12.6. The third kappa shape index (κ3) is 5.25. The lowest BCUT2D eigenvalue weighted by Crippen LogP contribution is -2.49. The van der Waals surface area contributed by atoms with Crippen LogP contribution in [0.4, 0.5) is 5.69 Å². The van der Waals surface area contributed by atoms with Crippen molar-refractivity contribution in [2.45, 2.75) is 37.8 Å². The second kappa shape index (κ2) is 9.09. The quantitative estimate of drug-likeness (QED) is 0.638. The highest BCUT2D eigenvalue weighted by Crippen LogP contribution is 2.22. The number of aliphatic hydroxyl groups is 1. The molecule has 2 atom stereocenters. The van der Waals surface area contributed by atoms with Crippen LogP contribution in [0.2, 0.25) is 5.02 Å². The van der Waals surface area contributed by atoms with Gasteiger partial charge < -0.3 is 10.8 Å². The number of nitrogens with two attached hydrogens (primary N) is 1. The van der Waals surface area contributed by atoms with Gasteiger partial charge in [0.1, 0.15) is 0 Å². The van der Waals surface area contributed by atoms with Crippen molar-refractivity contribution in [1.29, 1.82) is 0 Å². The summed E-state index contributed by atoms with van der Waals surface area (Å²) in [6.07, 6.45) is 3.21. The zero-order valence-electron chi connectivity index (χ0n) is 14.9. The molecule has 2 aromatic carbocycles. The Kier molecular flexibility index (Phi) is 6.57. The molecule has 0 aromatic heterocycles. The topological polar surface area (TPSA) is 49.5 Å². The monoisotopic (exact) mass is 368 g/mol. The number of anilines is 1. The van der Waals surface area contributed by atoms with Crippen LogP contribution in [0, 0.1) is 11.8 Å². The summed E-state index contributed by atoms with van der Waals surface area (Å²) in [5, 5.41) is 11.2. The molecule has 26 heavy (non-hydrogen) atoms. The van der Waals surface area contributed by atoms with Crippen LogP contribution in [0.5, 0.6) is 0 Å². The van der Waals surface area contributed by atoms with Crippen LogP contribution in [0.15, 0.2) is 48.5 Å². The molecule has 1 aliphatic heterocycles. The summed E-state index contributed by atoms with van der Waals surface area (Å²) in [5.74, 6) is 6.41. The van der Waals surface area contributed by atoms with Gasteiger partial charge >= 0.3 is 0 Å². The minimum Gasteiger partial charge on any atom is -0.399 e. The molecule has 2 unspecified atom stereocenters. The van der Waals surface area contributed by atoms with E-state index in [9.17, 15) is 5.11 Å². The number of aliphatic hydroxyl groups excluding tert-OH is 1. The molecule has 0 radical (unpaired) electrons. The summed E-state index contributed by atoms with van der Waals surface area (Å²) >= 11 is 5.97. The van der Waals surface area contributed by atoms with Gasteiger partial charge in [-0.05, 0) is 61.7 Å². The lowest BCUT2D eigenvalue weighted by molar-refractivity contribution is 0.0123. The van der Waals surface area contributed by atoms with Gasteiger partial charge in [-0.25, -0.2) is 0 Å². The second-order valence-electron chi connectivity index (χ2n) is 6.82. The van der Waals surface area contributed by atoms with Gasteiger partial charge in [0.2, 0.25) is 0 Å². The summed E-state index contributed by atoms with van der Waals surface area (Å²) < 4.78 is 0. The van der Waals surface area contributed by atoms with Gasteiger partial charge in [-0.15, -0.1) is 0 Å². The van der Waals surface area contributed by atoms with Gasteiger partial charge in [0, 0.05) is 35.3 Å². The van der Waals surface area contributed by atoms with E-state index in [0.717, 1.165) is 55.0 Å². The highest BCUT2D eigenvalue weighted by Gasteiger charge is 2.29. The number of hydrogen-bond donors (Lipinski definition) is 2. The van der Waals surface area contributed by atoms with E-state index in [2.05, 4.69) is 16.7 Å². The van der Waals surface area contributed by atoms with Gasteiger partial charge in [-0.3, -0.25) is 4.90 Å². The Morgan fingerprint density at radius 1 is 1.19 bits per heavy atom. The highest BCUT2D eigenvalue weighted by atomic mass is 35.5.